The maximum atomic E-state index is 13.6. The molecule has 1 fully saturated rings. The van der Waals surface area contributed by atoms with Gasteiger partial charge in [0.05, 0.1) is 22.9 Å². The second kappa shape index (κ2) is 8.61. The van der Waals surface area contributed by atoms with Crippen LogP contribution >= 0.6 is 0 Å². The van der Waals surface area contributed by atoms with Gasteiger partial charge in [-0.2, -0.15) is 0 Å². The smallest absolute Gasteiger partial charge is 0.289 e. The lowest BCUT2D eigenvalue weighted by molar-refractivity contribution is 0.0714. The van der Waals surface area contributed by atoms with Gasteiger partial charge in [0.1, 0.15) is 5.52 Å². The van der Waals surface area contributed by atoms with Crippen molar-refractivity contribution in [3.63, 3.8) is 0 Å². The molecule has 1 saturated heterocycles. The fourth-order valence-corrected chi connectivity index (χ4v) is 5.03. The normalized spacial score (nSPS) is 14.9. The number of unbranched alkanes of at least 4 members (excludes halogenated alkanes) is 1. The number of fused-ring (bicyclic) bond motifs is 2. The van der Waals surface area contributed by atoms with E-state index in [1.54, 1.807) is 17.0 Å². The molecule has 35 heavy (non-hydrogen) atoms. The van der Waals surface area contributed by atoms with Gasteiger partial charge in [0.15, 0.2) is 17.3 Å². The van der Waals surface area contributed by atoms with Crippen LogP contribution in [0.1, 0.15) is 46.2 Å². The number of hydrogen-bond acceptors (Lipinski definition) is 7. The van der Waals surface area contributed by atoms with Crippen LogP contribution in [0.4, 0.5) is 11.4 Å². The Hall–Kier alpha value is -4.07. The molecule has 2 aliphatic rings. The van der Waals surface area contributed by atoms with E-state index in [4.69, 9.17) is 8.94 Å². The first-order chi connectivity index (χ1) is 17.2. The average molecular weight is 471 g/mol. The first-order valence-electron chi connectivity index (χ1n) is 12.1. The van der Waals surface area contributed by atoms with E-state index in [-0.39, 0.29) is 11.7 Å². The first-order valence-corrected chi connectivity index (χ1v) is 12.1. The highest BCUT2D eigenvalue weighted by atomic mass is 16.5. The van der Waals surface area contributed by atoms with Gasteiger partial charge in [-0.1, -0.05) is 42.8 Å². The number of aromatic nitrogens is 1. The summed E-state index contributed by atoms with van der Waals surface area (Å²) in [5, 5.41) is 8.70. The van der Waals surface area contributed by atoms with Gasteiger partial charge >= 0.3 is 0 Å². The summed E-state index contributed by atoms with van der Waals surface area (Å²) < 4.78 is 11.1. The standard InChI is InChI=1S/C27H26N4O4/c1-2-3-10-28-19-16-20(30-11-13-31(14-12-30)27(33)21-9-6-15-34-21)24-23-22(19)25(32)17-7-4-5-8-18(17)26(23)35-29-24/h4-9,15-16,28H,2-3,10-14H2,1H3. The van der Waals surface area contributed by atoms with Crippen LogP contribution < -0.4 is 10.2 Å². The molecule has 1 N–H and O–H groups in total. The Kier molecular flexibility index (Phi) is 5.28. The Balaban J connectivity index is 1.39. The zero-order valence-electron chi connectivity index (χ0n) is 19.5. The molecular formula is C27H26N4O4. The molecule has 2 aromatic heterocycles. The van der Waals surface area contributed by atoms with Crippen molar-refractivity contribution in [1.82, 2.24) is 10.1 Å². The number of hydrogen-bond donors (Lipinski definition) is 1. The van der Waals surface area contributed by atoms with E-state index in [1.165, 1.54) is 6.26 Å². The fraction of sp³-hybridized carbons (Fsp3) is 0.296. The van der Waals surface area contributed by atoms with Crippen LogP contribution in [0.15, 0.2) is 57.7 Å². The summed E-state index contributed by atoms with van der Waals surface area (Å²) in [7, 11) is 0. The Labute approximate surface area is 202 Å². The summed E-state index contributed by atoms with van der Waals surface area (Å²) in [5.41, 5.74) is 4.44. The topological polar surface area (TPSA) is 91.8 Å². The average Bonchev–Trinajstić information content (AvgIpc) is 3.59. The number of rotatable bonds is 6. The monoisotopic (exact) mass is 470 g/mol. The molecule has 1 aliphatic carbocycles. The van der Waals surface area contributed by atoms with Crippen LogP contribution in [0.5, 0.6) is 0 Å². The highest BCUT2D eigenvalue weighted by Crippen LogP contribution is 2.45. The van der Waals surface area contributed by atoms with Crippen molar-refractivity contribution >= 4 is 34.0 Å². The molecule has 4 aromatic rings. The summed E-state index contributed by atoms with van der Waals surface area (Å²) in [6, 6.07) is 13.0. The SMILES string of the molecule is CCCCNc1cc(N2CCN(C(=O)c3ccco3)CC2)c2noc3c2c1C(=O)c1ccccc1-3. The van der Waals surface area contributed by atoms with Crippen LogP contribution in [0.3, 0.4) is 0 Å². The van der Waals surface area contributed by atoms with Crippen LogP contribution in [-0.4, -0.2) is 54.5 Å². The van der Waals surface area contributed by atoms with Gasteiger partial charge in [-0.05, 0) is 24.6 Å². The second-order valence-electron chi connectivity index (χ2n) is 8.97. The number of furan rings is 1. The molecule has 0 saturated carbocycles. The molecule has 8 nitrogen and oxygen atoms in total. The van der Waals surface area contributed by atoms with Gasteiger partial charge in [0, 0.05) is 49.5 Å². The van der Waals surface area contributed by atoms with E-state index in [1.807, 2.05) is 30.3 Å². The Morgan fingerprint density at radius 1 is 1.09 bits per heavy atom. The van der Waals surface area contributed by atoms with Crippen LogP contribution in [0, 0.1) is 0 Å². The molecule has 0 bridgehead atoms. The summed E-state index contributed by atoms with van der Waals surface area (Å²) in [6.07, 6.45) is 3.57. The number of nitrogens with zero attached hydrogens (tertiary/aromatic N) is 3. The Bertz CT molecular complexity index is 1410. The number of carbonyl (C=O) groups excluding carboxylic acids is 2. The van der Waals surface area contributed by atoms with Crippen LogP contribution in [0.25, 0.3) is 22.2 Å². The summed E-state index contributed by atoms with van der Waals surface area (Å²) in [5.74, 6) is 0.878. The lowest BCUT2D eigenvalue weighted by atomic mass is 9.86. The summed E-state index contributed by atoms with van der Waals surface area (Å²) in [6.45, 7) is 5.32. The lowest BCUT2D eigenvalue weighted by Gasteiger charge is -2.36. The van der Waals surface area contributed by atoms with Gasteiger partial charge in [-0.3, -0.25) is 9.59 Å². The van der Waals surface area contributed by atoms with E-state index in [0.717, 1.165) is 41.7 Å². The maximum Gasteiger partial charge on any atom is 0.289 e. The van der Waals surface area contributed by atoms with Gasteiger partial charge in [-0.15, -0.1) is 0 Å². The van der Waals surface area contributed by atoms with E-state index in [0.29, 0.717) is 54.3 Å². The van der Waals surface area contributed by atoms with Gasteiger partial charge in [-0.25, -0.2) is 0 Å². The molecule has 178 valence electrons. The highest BCUT2D eigenvalue weighted by Gasteiger charge is 2.34. The molecule has 8 heteroatoms. The minimum absolute atomic E-state index is 0.0132. The molecule has 0 unspecified atom stereocenters. The zero-order chi connectivity index (χ0) is 23.9. The van der Waals surface area contributed by atoms with Gasteiger partial charge in [0.25, 0.3) is 5.91 Å². The van der Waals surface area contributed by atoms with Crippen molar-refractivity contribution in [3.8, 4) is 11.3 Å². The number of piperazine rings is 1. The third-order valence-electron chi connectivity index (χ3n) is 6.86. The molecule has 1 amide bonds. The second-order valence-corrected chi connectivity index (χ2v) is 8.97. The van der Waals surface area contributed by atoms with Crippen molar-refractivity contribution < 1.29 is 18.5 Å². The quantitative estimate of drug-likeness (QED) is 0.356. The highest BCUT2D eigenvalue weighted by molar-refractivity contribution is 6.28. The number of amides is 1. The van der Waals surface area contributed by atoms with Crippen molar-refractivity contribution in [1.29, 1.82) is 0 Å². The minimum Gasteiger partial charge on any atom is -0.459 e. The number of anilines is 2. The predicted molar refractivity (Wildman–Crippen MR) is 133 cm³/mol. The largest absolute Gasteiger partial charge is 0.459 e. The Morgan fingerprint density at radius 3 is 2.63 bits per heavy atom. The molecular weight excluding hydrogens is 444 g/mol. The zero-order valence-corrected chi connectivity index (χ0v) is 19.5. The molecule has 6 rings (SSSR count). The maximum absolute atomic E-state index is 13.6. The molecule has 3 heterocycles. The van der Waals surface area contributed by atoms with Crippen molar-refractivity contribution in [2.45, 2.75) is 19.8 Å². The predicted octanol–water partition coefficient (Wildman–Crippen LogP) is 4.81. The molecule has 1 aliphatic heterocycles. The van der Waals surface area contributed by atoms with Crippen molar-refractivity contribution in [2.75, 3.05) is 42.9 Å². The van der Waals surface area contributed by atoms with Crippen molar-refractivity contribution in [2.24, 2.45) is 0 Å². The van der Waals surface area contributed by atoms with Gasteiger partial charge in [0.2, 0.25) is 0 Å². The van der Waals surface area contributed by atoms with Crippen LogP contribution in [0.2, 0.25) is 0 Å². The van der Waals surface area contributed by atoms with E-state index < -0.39 is 0 Å². The van der Waals surface area contributed by atoms with Crippen molar-refractivity contribution in [3.05, 3.63) is 65.6 Å². The molecule has 0 atom stereocenters. The van der Waals surface area contributed by atoms with Crippen LogP contribution in [-0.2, 0) is 0 Å². The van der Waals surface area contributed by atoms with E-state index in [9.17, 15) is 9.59 Å². The summed E-state index contributed by atoms with van der Waals surface area (Å²) in [4.78, 5) is 30.3. The Morgan fingerprint density at radius 2 is 1.89 bits per heavy atom. The summed E-state index contributed by atoms with van der Waals surface area (Å²) >= 11 is 0. The first kappa shape index (κ1) is 21.5. The minimum atomic E-state index is -0.0996. The number of ketones is 1. The third-order valence-corrected chi connectivity index (χ3v) is 6.86. The van der Waals surface area contributed by atoms with E-state index in [2.05, 4.69) is 22.3 Å². The number of benzene rings is 2. The fourth-order valence-electron chi connectivity index (χ4n) is 5.03. The van der Waals surface area contributed by atoms with Gasteiger partial charge < -0.3 is 24.1 Å². The lowest BCUT2D eigenvalue weighted by Crippen LogP contribution is -2.48. The number of carbonyl (C=O) groups is 2. The number of nitrogens with one attached hydrogen (secondary N) is 1. The molecule has 0 spiro atoms. The molecule has 2 aromatic carbocycles. The van der Waals surface area contributed by atoms with E-state index >= 15 is 0 Å². The third kappa shape index (κ3) is 3.48. The molecule has 0 radical (unpaired) electrons.